The number of nitrogens with zero attached hydrogens (tertiary/aromatic N) is 4. The lowest BCUT2D eigenvalue weighted by Crippen LogP contribution is -2.37. The van der Waals surface area contributed by atoms with Crippen molar-refractivity contribution >= 4 is 29.1 Å². The predicted octanol–water partition coefficient (Wildman–Crippen LogP) is 4.27. The van der Waals surface area contributed by atoms with Crippen LogP contribution in [0.5, 0.6) is 0 Å². The van der Waals surface area contributed by atoms with E-state index in [2.05, 4.69) is 56.2 Å². The molecule has 2 aromatic carbocycles. The fourth-order valence-corrected chi connectivity index (χ4v) is 4.40. The summed E-state index contributed by atoms with van der Waals surface area (Å²) in [6, 6.07) is 16.2. The SMILES string of the molecule is Cc1ccc(NCc2nnc(SCCN3CCOCC3)n2-c2ccc(Cl)cc2)cc1. The molecule has 1 saturated heterocycles. The molecule has 1 fully saturated rings. The molecule has 158 valence electrons. The lowest BCUT2D eigenvalue weighted by atomic mass is 10.2. The standard InChI is InChI=1S/C22H26ClN5OS/c1-17-2-6-19(7-3-17)24-16-21-25-26-22(28(21)20-8-4-18(23)5-9-20)30-15-12-27-10-13-29-14-11-27/h2-9,24H,10-16H2,1H3. The third-order valence-electron chi connectivity index (χ3n) is 5.03. The zero-order valence-corrected chi connectivity index (χ0v) is 18.6. The van der Waals surface area contributed by atoms with Gasteiger partial charge in [0.05, 0.1) is 19.8 Å². The molecule has 8 heteroatoms. The van der Waals surface area contributed by atoms with Crippen LogP contribution in [0, 0.1) is 6.92 Å². The van der Waals surface area contributed by atoms with Crippen molar-refractivity contribution in [2.24, 2.45) is 0 Å². The summed E-state index contributed by atoms with van der Waals surface area (Å²) in [5.74, 6) is 1.82. The minimum Gasteiger partial charge on any atom is -0.379 e. The first-order valence-corrected chi connectivity index (χ1v) is 11.5. The van der Waals surface area contributed by atoms with E-state index in [9.17, 15) is 0 Å². The number of aryl methyl sites for hydroxylation is 1. The van der Waals surface area contributed by atoms with Gasteiger partial charge in [-0.2, -0.15) is 0 Å². The van der Waals surface area contributed by atoms with Crippen LogP contribution in [0.2, 0.25) is 5.02 Å². The lowest BCUT2D eigenvalue weighted by Gasteiger charge is -2.26. The van der Waals surface area contributed by atoms with Crippen molar-refractivity contribution < 1.29 is 4.74 Å². The summed E-state index contributed by atoms with van der Waals surface area (Å²) in [6.07, 6.45) is 0. The Morgan fingerprint density at radius 2 is 1.77 bits per heavy atom. The van der Waals surface area contributed by atoms with Crippen molar-refractivity contribution in [2.45, 2.75) is 18.6 Å². The summed E-state index contributed by atoms with van der Waals surface area (Å²) in [6.45, 7) is 7.32. The quantitative estimate of drug-likeness (QED) is 0.525. The van der Waals surface area contributed by atoms with Gasteiger partial charge in [0.15, 0.2) is 11.0 Å². The van der Waals surface area contributed by atoms with Gasteiger partial charge >= 0.3 is 0 Å². The number of anilines is 1. The Bertz CT molecular complexity index is 939. The van der Waals surface area contributed by atoms with E-state index in [0.717, 1.165) is 61.0 Å². The maximum absolute atomic E-state index is 6.10. The molecule has 0 saturated carbocycles. The van der Waals surface area contributed by atoms with Crippen molar-refractivity contribution in [1.29, 1.82) is 0 Å². The Labute approximate surface area is 186 Å². The Morgan fingerprint density at radius 1 is 1.03 bits per heavy atom. The van der Waals surface area contributed by atoms with Crippen LogP contribution in [-0.4, -0.2) is 58.3 Å². The molecular weight excluding hydrogens is 418 g/mol. The molecule has 30 heavy (non-hydrogen) atoms. The predicted molar refractivity (Wildman–Crippen MR) is 123 cm³/mol. The number of halogens is 1. The number of aromatic nitrogens is 3. The number of benzene rings is 2. The van der Waals surface area contributed by atoms with Gasteiger partial charge in [0.25, 0.3) is 0 Å². The number of rotatable bonds is 8. The third-order valence-corrected chi connectivity index (χ3v) is 6.19. The van der Waals surface area contributed by atoms with E-state index in [1.807, 2.05) is 24.3 Å². The van der Waals surface area contributed by atoms with Gasteiger partial charge in [0.1, 0.15) is 0 Å². The Kier molecular flexibility index (Phi) is 7.28. The molecule has 1 aliphatic heterocycles. The number of hydrogen-bond acceptors (Lipinski definition) is 6. The average molecular weight is 444 g/mol. The molecule has 0 radical (unpaired) electrons. The zero-order chi connectivity index (χ0) is 20.8. The summed E-state index contributed by atoms with van der Waals surface area (Å²) >= 11 is 7.83. The second kappa shape index (κ2) is 10.3. The fraction of sp³-hybridized carbons (Fsp3) is 0.364. The molecular formula is C22H26ClN5OS. The Balaban J connectivity index is 1.48. The highest BCUT2D eigenvalue weighted by atomic mass is 35.5. The van der Waals surface area contributed by atoms with E-state index in [4.69, 9.17) is 16.3 Å². The van der Waals surface area contributed by atoms with Crippen molar-refractivity contribution in [3.8, 4) is 5.69 Å². The van der Waals surface area contributed by atoms with Crippen molar-refractivity contribution in [2.75, 3.05) is 43.9 Å². The van der Waals surface area contributed by atoms with Crippen molar-refractivity contribution in [3.05, 3.63) is 64.9 Å². The first kappa shape index (κ1) is 21.2. The number of hydrogen-bond donors (Lipinski definition) is 1. The van der Waals surface area contributed by atoms with Crippen LogP contribution >= 0.6 is 23.4 Å². The van der Waals surface area contributed by atoms with Crippen LogP contribution in [0.25, 0.3) is 5.69 Å². The molecule has 0 amide bonds. The van der Waals surface area contributed by atoms with Gasteiger partial charge < -0.3 is 10.1 Å². The van der Waals surface area contributed by atoms with Gasteiger partial charge in [-0.25, -0.2) is 0 Å². The van der Waals surface area contributed by atoms with Crippen LogP contribution < -0.4 is 5.32 Å². The molecule has 0 bridgehead atoms. The van der Waals surface area contributed by atoms with Crippen LogP contribution in [0.15, 0.2) is 53.7 Å². The van der Waals surface area contributed by atoms with E-state index in [1.54, 1.807) is 11.8 Å². The first-order valence-electron chi connectivity index (χ1n) is 10.1. The van der Waals surface area contributed by atoms with Crippen molar-refractivity contribution in [3.63, 3.8) is 0 Å². The molecule has 1 aromatic heterocycles. The minimum absolute atomic E-state index is 0.586. The summed E-state index contributed by atoms with van der Waals surface area (Å²) in [5, 5.41) is 14.0. The van der Waals surface area contributed by atoms with E-state index < -0.39 is 0 Å². The number of nitrogens with one attached hydrogen (secondary N) is 1. The normalized spacial score (nSPS) is 14.7. The molecule has 0 atom stereocenters. The summed E-state index contributed by atoms with van der Waals surface area (Å²) in [5.41, 5.74) is 3.32. The van der Waals surface area contributed by atoms with Gasteiger partial charge in [-0.15, -0.1) is 10.2 Å². The molecule has 0 aliphatic carbocycles. The molecule has 2 heterocycles. The average Bonchev–Trinajstić information content (AvgIpc) is 3.17. The fourth-order valence-electron chi connectivity index (χ4n) is 3.30. The molecule has 6 nitrogen and oxygen atoms in total. The lowest BCUT2D eigenvalue weighted by molar-refractivity contribution is 0.0410. The smallest absolute Gasteiger partial charge is 0.195 e. The van der Waals surface area contributed by atoms with Crippen LogP contribution in [0.3, 0.4) is 0 Å². The number of morpholine rings is 1. The maximum atomic E-state index is 6.10. The van der Waals surface area contributed by atoms with Crippen LogP contribution in [0.1, 0.15) is 11.4 Å². The Morgan fingerprint density at radius 3 is 2.50 bits per heavy atom. The number of thioether (sulfide) groups is 1. The summed E-state index contributed by atoms with van der Waals surface area (Å²) < 4.78 is 7.54. The topological polar surface area (TPSA) is 55.2 Å². The zero-order valence-electron chi connectivity index (χ0n) is 17.1. The highest BCUT2D eigenvalue weighted by Gasteiger charge is 2.16. The second-order valence-electron chi connectivity index (χ2n) is 7.23. The third kappa shape index (κ3) is 5.55. The van der Waals surface area contributed by atoms with Crippen LogP contribution in [0.4, 0.5) is 5.69 Å². The monoisotopic (exact) mass is 443 g/mol. The molecule has 1 aliphatic rings. The highest BCUT2D eigenvalue weighted by Crippen LogP contribution is 2.24. The maximum Gasteiger partial charge on any atom is 0.195 e. The molecule has 0 unspecified atom stereocenters. The summed E-state index contributed by atoms with van der Waals surface area (Å²) in [7, 11) is 0. The molecule has 1 N–H and O–H groups in total. The van der Waals surface area contributed by atoms with Gasteiger partial charge in [0, 0.05) is 41.8 Å². The molecule has 3 aromatic rings. The summed E-state index contributed by atoms with van der Waals surface area (Å²) in [4.78, 5) is 2.43. The van der Waals surface area contributed by atoms with E-state index in [-0.39, 0.29) is 0 Å². The minimum atomic E-state index is 0.586. The van der Waals surface area contributed by atoms with E-state index in [1.165, 1.54) is 5.56 Å². The number of ether oxygens (including phenoxy) is 1. The molecule has 0 spiro atoms. The van der Waals surface area contributed by atoms with Gasteiger partial charge in [0.2, 0.25) is 0 Å². The highest BCUT2D eigenvalue weighted by molar-refractivity contribution is 7.99. The first-order chi connectivity index (χ1) is 14.7. The largest absolute Gasteiger partial charge is 0.379 e. The van der Waals surface area contributed by atoms with E-state index >= 15 is 0 Å². The van der Waals surface area contributed by atoms with Gasteiger partial charge in [-0.05, 0) is 43.3 Å². The Hall–Kier alpha value is -2.06. The molecule has 4 rings (SSSR count). The second-order valence-corrected chi connectivity index (χ2v) is 8.73. The van der Waals surface area contributed by atoms with Crippen molar-refractivity contribution in [1.82, 2.24) is 19.7 Å². The van der Waals surface area contributed by atoms with Crippen LogP contribution in [-0.2, 0) is 11.3 Å². The van der Waals surface area contributed by atoms with Gasteiger partial charge in [-0.3, -0.25) is 9.47 Å². The van der Waals surface area contributed by atoms with Gasteiger partial charge in [-0.1, -0.05) is 41.1 Å². The van der Waals surface area contributed by atoms with E-state index in [0.29, 0.717) is 11.6 Å².